The molecule has 0 fully saturated rings. The van der Waals surface area contributed by atoms with Crippen molar-refractivity contribution in [3.8, 4) is 11.8 Å². The second kappa shape index (κ2) is 6.73. The molecule has 2 aromatic carbocycles. The smallest absolute Gasteiger partial charge is 0.387 e. The topological polar surface area (TPSA) is 92.1 Å². The normalized spacial score (nSPS) is 14.6. The van der Waals surface area contributed by atoms with Crippen molar-refractivity contribution >= 4 is 32.1 Å². The summed E-state index contributed by atoms with van der Waals surface area (Å²) in [5.41, 5.74) is 2.41. The molecule has 3 aromatic rings. The summed E-state index contributed by atoms with van der Waals surface area (Å²) in [5.74, 6) is 0.0183. The van der Waals surface area contributed by atoms with E-state index in [1.165, 1.54) is 30.5 Å². The van der Waals surface area contributed by atoms with Gasteiger partial charge in [0.25, 0.3) is 0 Å². The number of hydrogen-bond acceptors (Lipinski definition) is 6. The van der Waals surface area contributed by atoms with E-state index in [2.05, 4.69) is 21.1 Å². The summed E-state index contributed by atoms with van der Waals surface area (Å²) in [6, 6.07) is 11.0. The maximum absolute atomic E-state index is 12.3. The molecule has 0 atom stereocenters. The molecule has 0 amide bonds. The van der Waals surface area contributed by atoms with Crippen LogP contribution in [0.3, 0.4) is 0 Å². The largest absolute Gasteiger partial charge is 0.435 e. The van der Waals surface area contributed by atoms with Gasteiger partial charge >= 0.3 is 6.61 Å². The molecule has 0 radical (unpaired) electrons. The molecule has 1 aromatic heterocycles. The first-order chi connectivity index (χ1) is 13.4. The Kier molecular flexibility index (Phi) is 4.35. The molecule has 2 heterocycles. The number of nitrogens with one attached hydrogen (secondary N) is 1. The van der Waals surface area contributed by atoms with E-state index >= 15 is 0 Å². The zero-order chi connectivity index (χ0) is 19.9. The molecule has 9 heteroatoms. The van der Waals surface area contributed by atoms with Crippen molar-refractivity contribution in [2.45, 2.75) is 17.9 Å². The van der Waals surface area contributed by atoms with Gasteiger partial charge in [-0.2, -0.15) is 14.0 Å². The van der Waals surface area contributed by atoms with Crippen LogP contribution in [0.2, 0.25) is 0 Å². The Hall–Kier alpha value is -3.25. The fourth-order valence-corrected chi connectivity index (χ4v) is 4.85. The average Bonchev–Trinajstić information content (AvgIpc) is 2.98. The third kappa shape index (κ3) is 3.12. The third-order valence-electron chi connectivity index (χ3n) is 4.53. The molecular formula is C19H13F2N3O3S. The summed E-state index contributed by atoms with van der Waals surface area (Å²) in [5, 5.41) is 13.2. The second-order valence-corrected chi connectivity index (χ2v) is 8.27. The first-order valence-electron chi connectivity index (χ1n) is 8.28. The number of nitriles is 1. The van der Waals surface area contributed by atoms with Gasteiger partial charge in [-0.1, -0.05) is 0 Å². The number of nitrogens with zero attached hydrogens (tertiary/aromatic N) is 2. The van der Waals surface area contributed by atoms with Crippen LogP contribution in [0.25, 0.3) is 10.9 Å². The third-order valence-corrected chi connectivity index (χ3v) is 6.32. The van der Waals surface area contributed by atoms with E-state index in [0.717, 1.165) is 0 Å². The van der Waals surface area contributed by atoms with E-state index in [1.807, 2.05) is 0 Å². The summed E-state index contributed by atoms with van der Waals surface area (Å²) in [7, 11) is -3.35. The predicted octanol–water partition coefficient (Wildman–Crippen LogP) is 3.78. The zero-order valence-electron chi connectivity index (χ0n) is 14.3. The average molecular weight is 401 g/mol. The Bertz CT molecular complexity index is 1220. The quantitative estimate of drug-likeness (QED) is 0.715. The van der Waals surface area contributed by atoms with E-state index in [4.69, 9.17) is 0 Å². The van der Waals surface area contributed by atoms with Crippen molar-refractivity contribution in [1.29, 1.82) is 5.26 Å². The lowest BCUT2D eigenvalue weighted by Crippen LogP contribution is -2.02. The van der Waals surface area contributed by atoms with Crippen molar-refractivity contribution in [2.24, 2.45) is 0 Å². The van der Waals surface area contributed by atoms with Crippen molar-refractivity contribution < 1.29 is 21.9 Å². The van der Waals surface area contributed by atoms with Gasteiger partial charge in [0.15, 0.2) is 9.84 Å². The van der Waals surface area contributed by atoms with Gasteiger partial charge < -0.3 is 10.1 Å². The number of rotatable bonds is 4. The molecule has 28 heavy (non-hydrogen) atoms. The van der Waals surface area contributed by atoms with Crippen LogP contribution >= 0.6 is 0 Å². The van der Waals surface area contributed by atoms with Crippen LogP contribution < -0.4 is 10.1 Å². The number of anilines is 2. The molecule has 1 aliphatic rings. The second-order valence-electron chi connectivity index (χ2n) is 6.19. The highest BCUT2D eigenvalue weighted by atomic mass is 32.2. The summed E-state index contributed by atoms with van der Waals surface area (Å²) in [4.78, 5) is 4.52. The molecule has 4 rings (SSSR count). The van der Waals surface area contributed by atoms with E-state index in [9.17, 15) is 22.5 Å². The van der Waals surface area contributed by atoms with Gasteiger partial charge in [-0.3, -0.25) is 4.98 Å². The van der Waals surface area contributed by atoms with Gasteiger partial charge in [0.2, 0.25) is 0 Å². The van der Waals surface area contributed by atoms with Crippen molar-refractivity contribution in [3.63, 3.8) is 0 Å². The number of aromatic nitrogens is 1. The number of aryl methyl sites for hydroxylation is 1. The lowest BCUT2D eigenvalue weighted by Gasteiger charge is -2.14. The maximum atomic E-state index is 12.3. The molecule has 0 aliphatic carbocycles. The highest BCUT2D eigenvalue weighted by Crippen LogP contribution is 2.38. The summed E-state index contributed by atoms with van der Waals surface area (Å²) in [6.45, 7) is -2.92. The Labute approximate surface area is 159 Å². The van der Waals surface area contributed by atoms with Crippen LogP contribution in [0.4, 0.5) is 20.2 Å². The summed E-state index contributed by atoms with van der Waals surface area (Å²) >= 11 is 0. The van der Waals surface area contributed by atoms with Gasteiger partial charge in [0.05, 0.1) is 27.4 Å². The Balaban J connectivity index is 1.84. The van der Waals surface area contributed by atoms with Gasteiger partial charge in [0, 0.05) is 17.3 Å². The minimum absolute atomic E-state index is 0.00706. The number of halogens is 2. The number of pyridine rings is 1. The molecule has 0 spiro atoms. The highest BCUT2D eigenvalue weighted by molar-refractivity contribution is 7.91. The van der Waals surface area contributed by atoms with Gasteiger partial charge in [0.1, 0.15) is 11.8 Å². The highest BCUT2D eigenvalue weighted by Gasteiger charge is 2.29. The SMILES string of the molecule is N#Cc1cnc2ccc3c(c2c1Nc1ccc(OC(F)F)cc1)CCS3(=O)=O. The Morgan fingerprint density at radius 1 is 1.18 bits per heavy atom. The number of hydrogen-bond donors (Lipinski definition) is 1. The monoisotopic (exact) mass is 401 g/mol. The van der Waals surface area contributed by atoms with Crippen molar-refractivity contribution in [2.75, 3.05) is 11.1 Å². The molecule has 0 saturated carbocycles. The number of alkyl halides is 2. The molecule has 0 bridgehead atoms. The number of sulfone groups is 1. The Morgan fingerprint density at radius 2 is 1.93 bits per heavy atom. The van der Waals surface area contributed by atoms with Gasteiger partial charge in [-0.15, -0.1) is 0 Å². The van der Waals surface area contributed by atoms with E-state index in [0.29, 0.717) is 34.3 Å². The molecule has 6 nitrogen and oxygen atoms in total. The van der Waals surface area contributed by atoms with E-state index < -0.39 is 16.4 Å². The minimum Gasteiger partial charge on any atom is -0.435 e. The van der Waals surface area contributed by atoms with Crippen LogP contribution in [0.5, 0.6) is 5.75 Å². The van der Waals surface area contributed by atoms with Crippen LogP contribution in [-0.2, 0) is 16.3 Å². The standard InChI is InChI=1S/C19H13F2N3O3S/c20-19(21)27-13-3-1-12(2-4-13)24-18-11(9-22)10-23-15-5-6-16-14(17(15)18)7-8-28(16,25)26/h1-6,10,19H,7-8H2,(H,23,24). The van der Waals surface area contributed by atoms with Crippen molar-refractivity contribution in [3.05, 3.63) is 53.7 Å². The number of ether oxygens (including phenoxy) is 1. The lowest BCUT2D eigenvalue weighted by molar-refractivity contribution is -0.0498. The summed E-state index contributed by atoms with van der Waals surface area (Å²) in [6.07, 6.45) is 1.75. The van der Waals surface area contributed by atoms with Gasteiger partial charge in [-0.25, -0.2) is 8.42 Å². The van der Waals surface area contributed by atoms with Crippen LogP contribution in [0.15, 0.2) is 47.5 Å². The van der Waals surface area contributed by atoms with Crippen molar-refractivity contribution in [1.82, 2.24) is 4.98 Å². The number of fused-ring (bicyclic) bond motifs is 3. The molecule has 1 aliphatic heterocycles. The molecular weight excluding hydrogens is 388 g/mol. The lowest BCUT2D eigenvalue weighted by atomic mass is 10.0. The zero-order valence-corrected chi connectivity index (χ0v) is 15.1. The fraction of sp³-hybridized carbons (Fsp3) is 0.158. The predicted molar refractivity (Wildman–Crippen MR) is 98.6 cm³/mol. The minimum atomic E-state index is -3.35. The van der Waals surface area contributed by atoms with Crippen LogP contribution in [0.1, 0.15) is 11.1 Å². The van der Waals surface area contributed by atoms with E-state index in [-0.39, 0.29) is 22.0 Å². The number of benzene rings is 2. The molecule has 0 saturated heterocycles. The first kappa shape index (κ1) is 18.1. The van der Waals surface area contributed by atoms with E-state index in [1.54, 1.807) is 12.1 Å². The molecule has 0 unspecified atom stereocenters. The van der Waals surface area contributed by atoms with Gasteiger partial charge in [-0.05, 0) is 48.4 Å². The molecule has 1 N–H and O–H groups in total. The summed E-state index contributed by atoms with van der Waals surface area (Å²) < 4.78 is 53.5. The fourth-order valence-electron chi connectivity index (χ4n) is 3.30. The van der Waals surface area contributed by atoms with Crippen LogP contribution in [0, 0.1) is 11.3 Å². The Morgan fingerprint density at radius 3 is 2.61 bits per heavy atom. The molecule has 142 valence electrons. The van der Waals surface area contributed by atoms with Crippen LogP contribution in [-0.4, -0.2) is 25.8 Å². The maximum Gasteiger partial charge on any atom is 0.387 e. The first-order valence-corrected chi connectivity index (χ1v) is 9.93.